The molecule has 0 aromatic carbocycles. The van der Waals surface area contributed by atoms with Crippen molar-refractivity contribution in [3.05, 3.63) is 0 Å². The molecule has 4 aliphatic rings. The van der Waals surface area contributed by atoms with Crippen molar-refractivity contribution in [1.29, 1.82) is 0 Å². The number of alkyl halides is 3. The van der Waals surface area contributed by atoms with E-state index in [1.807, 2.05) is 0 Å². The summed E-state index contributed by atoms with van der Waals surface area (Å²) in [6, 6.07) is 0. The summed E-state index contributed by atoms with van der Waals surface area (Å²) in [6.07, 6.45) is 5.52. The molecule has 2 N–H and O–H groups in total. The quantitative estimate of drug-likeness (QED) is 0.403. The highest BCUT2D eigenvalue weighted by molar-refractivity contribution is 5.11. The van der Waals surface area contributed by atoms with E-state index in [4.69, 9.17) is 0 Å². The fourth-order valence-corrected chi connectivity index (χ4v) is 9.66. The van der Waals surface area contributed by atoms with Crippen molar-refractivity contribution in [2.75, 3.05) is 0 Å². The van der Waals surface area contributed by atoms with E-state index in [9.17, 15) is 23.4 Å². The van der Waals surface area contributed by atoms with Gasteiger partial charge in [-0.15, -0.1) is 0 Å². The maximum atomic E-state index is 13.6. The third-order valence-corrected chi connectivity index (χ3v) is 11.9. The van der Waals surface area contributed by atoms with Gasteiger partial charge in [-0.05, 0) is 116 Å². The molecule has 0 unspecified atom stereocenters. The molecular weight excluding hydrogens is 437 g/mol. The number of rotatable bonds is 6. The van der Waals surface area contributed by atoms with Crippen molar-refractivity contribution >= 4 is 0 Å². The maximum absolute atomic E-state index is 13.6. The minimum atomic E-state index is -4.52. The molecule has 2 nitrogen and oxygen atoms in total. The van der Waals surface area contributed by atoms with Crippen LogP contribution in [0.25, 0.3) is 0 Å². The van der Waals surface area contributed by atoms with Gasteiger partial charge >= 0.3 is 6.18 Å². The zero-order chi connectivity index (χ0) is 25.1. The maximum Gasteiger partial charge on any atom is 0.417 e. The summed E-state index contributed by atoms with van der Waals surface area (Å²) < 4.78 is 40.8. The normalized spacial score (nSPS) is 46.5. The molecule has 0 radical (unpaired) electrons. The number of halogens is 3. The van der Waals surface area contributed by atoms with Gasteiger partial charge in [0, 0.05) is 0 Å². The van der Waals surface area contributed by atoms with Gasteiger partial charge in [0.1, 0.15) is 0 Å². The van der Waals surface area contributed by atoms with Crippen molar-refractivity contribution in [1.82, 2.24) is 0 Å². The Balaban J connectivity index is 1.43. The second-order valence-corrected chi connectivity index (χ2v) is 13.8. The smallest absolute Gasteiger partial charge is 0.393 e. The number of aliphatic hydroxyl groups excluding tert-OH is 1. The lowest BCUT2D eigenvalue weighted by Gasteiger charge is -2.62. The summed E-state index contributed by atoms with van der Waals surface area (Å²) in [4.78, 5) is 0. The minimum Gasteiger partial charge on any atom is -0.393 e. The molecule has 4 fully saturated rings. The van der Waals surface area contributed by atoms with Crippen LogP contribution < -0.4 is 0 Å². The van der Waals surface area contributed by atoms with E-state index in [1.165, 1.54) is 25.7 Å². The first-order valence-corrected chi connectivity index (χ1v) is 14.2. The molecule has 0 aromatic rings. The monoisotopic (exact) mass is 486 g/mol. The molecule has 0 aromatic heterocycles. The van der Waals surface area contributed by atoms with E-state index in [2.05, 4.69) is 34.6 Å². The van der Waals surface area contributed by atoms with Crippen LogP contribution in [-0.4, -0.2) is 28.1 Å². The lowest BCUT2D eigenvalue weighted by Crippen LogP contribution is -2.59. The zero-order valence-corrected chi connectivity index (χ0v) is 22.1. The largest absolute Gasteiger partial charge is 0.417 e. The van der Waals surface area contributed by atoms with Crippen LogP contribution in [0.3, 0.4) is 0 Å². The van der Waals surface area contributed by atoms with Crippen LogP contribution in [0.5, 0.6) is 0 Å². The molecule has 198 valence electrons. The van der Waals surface area contributed by atoms with Crippen LogP contribution in [-0.2, 0) is 0 Å². The molecule has 0 saturated heterocycles. The third-order valence-electron chi connectivity index (χ3n) is 11.9. The van der Waals surface area contributed by atoms with Crippen LogP contribution in [0.15, 0.2) is 0 Å². The Morgan fingerprint density at radius 1 is 0.853 bits per heavy atom. The van der Waals surface area contributed by atoms with Crippen LogP contribution in [0, 0.1) is 52.3 Å². The van der Waals surface area contributed by atoms with E-state index in [0.29, 0.717) is 41.4 Å². The van der Waals surface area contributed by atoms with Gasteiger partial charge in [0.05, 0.1) is 6.10 Å². The number of aliphatic hydroxyl groups is 2. The van der Waals surface area contributed by atoms with Gasteiger partial charge in [-0.2, -0.15) is 13.2 Å². The second-order valence-electron chi connectivity index (χ2n) is 13.8. The average Bonchev–Trinajstić information content (AvgIpc) is 3.10. The van der Waals surface area contributed by atoms with Gasteiger partial charge in [-0.3, -0.25) is 0 Å². The molecule has 0 aliphatic heterocycles. The van der Waals surface area contributed by atoms with Gasteiger partial charge in [-0.1, -0.05) is 47.5 Å². The molecule has 0 amide bonds. The third kappa shape index (κ3) is 4.37. The number of hydrogen-bond donors (Lipinski definition) is 2. The van der Waals surface area contributed by atoms with Gasteiger partial charge in [0.15, 0.2) is 5.60 Å². The Bertz CT molecular complexity index is 723. The number of fused-ring (bicyclic) bond motifs is 5. The molecule has 4 aliphatic carbocycles. The first-order valence-electron chi connectivity index (χ1n) is 14.2. The summed E-state index contributed by atoms with van der Waals surface area (Å²) in [6.45, 7) is 11.4. The molecule has 10 atom stereocenters. The summed E-state index contributed by atoms with van der Waals surface area (Å²) in [7, 11) is 0. The van der Waals surface area contributed by atoms with Crippen LogP contribution in [0.2, 0.25) is 0 Å². The predicted molar refractivity (Wildman–Crippen MR) is 130 cm³/mol. The van der Waals surface area contributed by atoms with Crippen molar-refractivity contribution < 1.29 is 23.4 Å². The Morgan fingerprint density at radius 2 is 1.53 bits per heavy atom. The fraction of sp³-hybridized carbons (Fsp3) is 1.00. The second kappa shape index (κ2) is 9.23. The van der Waals surface area contributed by atoms with Crippen LogP contribution in [0.1, 0.15) is 112 Å². The molecule has 0 spiro atoms. The fourth-order valence-electron chi connectivity index (χ4n) is 9.66. The highest BCUT2D eigenvalue weighted by Crippen LogP contribution is 2.69. The molecule has 0 bridgehead atoms. The summed E-state index contributed by atoms with van der Waals surface area (Å²) in [5.41, 5.74) is -2.19. The lowest BCUT2D eigenvalue weighted by molar-refractivity contribution is -0.290. The van der Waals surface area contributed by atoms with Crippen molar-refractivity contribution in [3.63, 3.8) is 0 Å². The lowest BCUT2D eigenvalue weighted by atomic mass is 9.43. The van der Waals surface area contributed by atoms with Crippen molar-refractivity contribution in [3.8, 4) is 0 Å². The SMILES string of the molecule is CC(C)[C@H](O)CCC[C@H](C)[C@@H]1CC[C@H]2[C@@H]3CC[C@H]4C[C@](O)(C(F)(F)F)CC[C@]4(C)[C@H]3CC[C@@]21C. The zero-order valence-electron chi connectivity index (χ0n) is 22.1. The van der Waals surface area contributed by atoms with Gasteiger partial charge in [-0.25, -0.2) is 0 Å². The summed E-state index contributed by atoms with van der Waals surface area (Å²) in [5.74, 6) is 3.54. The molecular formula is C29H49F3O2. The highest BCUT2D eigenvalue weighted by atomic mass is 19.4. The van der Waals surface area contributed by atoms with Crippen molar-refractivity contribution in [2.45, 2.75) is 130 Å². The van der Waals surface area contributed by atoms with Gasteiger partial charge < -0.3 is 10.2 Å². The molecule has 4 rings (SSSR count). The average molecular weight is 487 g/mol. The first-order chi connectivity index (χ1) is 15.7. The van der Waals surface area contributed by atoms with Gasteiger partial charge in [0.25, 0.3) is 0 Å². The highest BCUT2D eigenvalue weighted by Gasteiger charge is 2.65. The topological polar surface area (TPSA) is 40.5 Å². The molecule has 4 saturated carbocycles. The molecule has 34 heavy (non-hydrogen) atoms. The molecule has 0 heterocycles. The van der Waals surface area contributed by atoms with E-state index in [1.54, 1.807) is 0 Å². The van der Waals surface area contributed by atoms with E-state index < -0.39 is 11.8 Å². The van der Waals surface area contributed by atoms with Crippen LogP contribution >= 0.6 is 0 Å². The Kier molecular flexibility index (Phi) is 7.26. The standard InChI is InChI=1S/C29H49F3O2/c1-18(2)25(33)8-6-7-19(3)22-11-12-23-21-10-9-20-17-28(34,29(30,31)32)16-15-26(20,4)24(21)13-14-27(22,23)5/h18-25,33-34H,6-17H2,1-5H3/t19-,20-,21-,22-,23-,24-,25+,26-,27+,28-/m0/s1. The first kappa shape index (κ1) is 26.8. The van der Waals surface area contributed by atoms with E-state index >= 15 is 0 Å². The predicted octanol–water partition coefficient (Wildman–Crippen LogP) is 7.76. The minimum absolute atomic E-state index is 0.0120. The summed E-state index contributed by atoms with van der Waals surface area (Å²) in [5, 5.41) is 20.6. The van der Waals surface area contributed by atoms with Gasteiger partial charge in [0.2, 0.25) is 0 Å². The Labute approximate surface area is 205 Å². The van der Waals surface area contributed by atoms with E-state index in [0.717, 1.165) is 38.0 Å². The van der Waals surface area contributed by atoms with Crippen LogP contribution in [0.4, 0.5) is 13.2 Å². The molecule has 5 heteroatoms. The summed E-state index contributed by atoms with van der Waals surface area (Å²) >= 11 is 0. The number of hydrogen-bond acceptors (Lipinski definition) is 2. The Morgan fingerprint density at radius 3 is 2.18 bits per heavy atom. The van der Waals surface area contributed by atoms with Crippen molar-refractivity contribution in [2.24, 2.45) is 52.3 Å². The van der Waals surface area contributed by atoms with E-state index in [-0.39, 0.29) is 30.3 Å². The Hall–Kier alpha value is -0.290.